The van der Waals surface area contributed by atoms with Crippen LogP contribution < -0.4 is 5.43 Å². The van der Waals surface area contributed by atoms with E-state index in [1.54, 1.807) is 0 Å². The number of hydrogen-bond acceptors (Lipinski definition) is 2. The Kier molecular flexibility index (Phi) is 2.89. The van der Waals surface area contributed by atoms with Crippen molar-refractivity contribution in [3.05, 3.63) is 12.2 Å². The molecule has 1 amide bonds. The lowest BCUT2D eigenvalue weighted by Gasteiger charge is -2.31. The fraction of sp³-hybridized carbons (Fsp3) is 0.667. The van der Waals surface area contributed by atoms with Crippen LogP contribution in [0.25, 0.3) is 0 Å². The third kappa shape index (κ3) is 2.28. The number of rotatable bonds is 3. The minimum atomic E-state index is 0.0342. The van der Waals surface area contributed by atoms with Gasteiger partial charge in [0, 0.05) is 18.1 Å². The van der Waals surface area contributed by atoms with Crippen molar-refractivity contribution in [1.29, 1.82) is 0 Å². The van der Waals surface area contributed by atoms with Gasteiger partial charge >= 0.3 is 0 Å². The molecule has 1 saturated carbocycles. The molecule has 0 aromatic rings. The SMILES string of the molecule is CC(C)CC(=O)N/N=C1\CC2C=CCC12. The smallest absolute Gasteiger partial charge is 0.240 e. The van der Waals surface area contributed by atoms with Crippen LogP contribution >= 0.6 is 0 Å². The third-order valence-corrected chi connectivity index (χ3v) is 3.08. The van der Waals surface area contributed by atoms with Gasteiger partial charge in [-0.2, -0.15) is 5.10 Å². The van der Waals surface area contributed by atoms with Gasteiger partial charge in [-0.05, 0) is 24.7 Å². The summed E-state index contributed by atoms with van der Waals surface area (Å²) in [6.07, 6.45) is 7.17. The van der Waals surface area contributed by atoms with E-state index in [0.29, 0.717) is 24.2 Å². The highest BCUT2D eigenvalue weighted by atomic mass is 16.2. The van der Waals surface area contributed by atoms with E-state index in [0.717, 1.165) is 12.8 Å². The summed E-state index contributed by atoms with van der Waals surface area (Å²) in [4.78, 5) is 11.4. The summed E-state index contributed by atoms with van der Waals surface area (Å²) in [7, 11) is 0. The molecule has 0 bridgehead atoms. The molecule has 0 aliphatic heterocycles. The molecule has 0 radical (unpaired) electrons. The van der Waals surface area contributed by atoms with Crippen molar-refractivity contribution in [3.8, 4) is 0 Å². The van der Waals surface area contributed by atoms with E-state index in [1.807, 2.05) is 13.8 Å². The Bertz CT molecular complexity index is 318. The maximum atomic E-state index is 11.4. The number of carbonyl (C=O) groups excluding carboxylic acids is 1. The Morgan fingerprint density at radius 1 is 1.67 bits per heavy atom. The zero-order valence-corrected chi connectivity index (χ0v) is 9.36. The Hall–Kier alpha value is -1.12. The first-order valence-electron chi connectivity index (χ1n) is 5.68. The van der Waals surface area contributed by atoms with Crippen LogP contribution in [-0.4, -0.2) is 11.6 Å². The van der Waals surface area contributed by atoms with Gasteiger partial charge in [0.15, 0.2) is 0 Å². The van der Waals surface area contributed by atoms with Crippen molar-refractivity contribution in [3.63, 3.8) is 0 Å². The molecule has 0 aromatic carbocycles. The molecule has 0 saturated heterocycles. The van der Waals surface area contributed by atoms with Crippen LogP contribution in [0.15, 0.2) is 17.3 Å². The number of amides is 1. The van der Waals surface area contributed by atoms with Gasteiger partial charge in [-0.1, -0.05) is 26.0 Å². The van der Waals surface area contributed by atoms with Crippen molar-refractivity contribution < 1.29 is 4.79 Å². The molecule has 2 atom stereocenters. The molecule has 2 aliphatic rings. The fourth-order valence-electron chi connectivity index (χ4n) is 2.21. The molecule has 1 N–H and O–H groups in total. The zero-order chi connectivity index (χ0) is 10.8. The molecule has 0 spiro atoms. The molecular formula is C12H18N2O. The molecule has 2 unspecified atom stereocenters. The molecule has 0 heterocycles. The maximum Gasteiger partial charge on any atom is 0.240 e. The summed E-state index contributed by atoms with van der Waals surface area (Å²) < 4.78 is 0. The zero-order valence-electron chi connectivity index (χ0n) is 9.36. The molecule has 3 heteroatoms. The van der Waals surface area contributed by atoms with Crippen molar-refractivity contribution in [2.45, 2.75) is 33.1 Å². The predicted molar refractivity (Wildman–Crippen MR) is 60.4 cm³/mol. The van der Waals surface area contributed by atoms with E-state index in [-0.39, 0.29) is 5.91 Å². The number of nitrogens with one attached hydrogen (secondary N) is 1. The highest BCUT2D eigenvalue weighted by Gasteiger charge is 2.37. The summed E-state index contributed by atoms with van der Waals surface area (Å²) in [5.74, 6) is 1.72. The monoisotopic (exact) mass is 206 g/mol. The van der Waals surface area contributed by atoms with Gasteiger partial charge in [0.1, 0.15) is 0 Å². The van der Waals surface area contributed by atoms with Crippen LogP contribution in [0, 0.1) is 17.8 Å². The number of carbonyl (C=O) groups is 1. The van der Waals surface area contributed by atoms with Crippen molar-refractivity contribution >= 4 is 11.6 Å². The normalized spacial score (nSPS) is 30.5. The van der Waals surface area contributed by atoms with Crippen molar-refractivity contribution in [1.82, 2.24) is 5.43 Å². The number of allylic oxidation sites excluding steroid dienone is 2. The van der Waals surface area contributed by atoms with E-state index < -0.39 is 0 Å². The number of hydrazone groups is 1. The lowest BCUT2D eigenvalue weighted by molar-refractivity contribution is -0.121. The first-order valence-corrected chi connectivity index (χ1v) is 5.68. The summed E-state index contributed by atoms with van der Waals surface area (Å²) >= 11 is 0. The van der Waals surface area contributed by atoms with Gasteiger partial charge in [0.05, 0.1) is 0 Å². The largest absolute Gasteiger partial charge is 0.273 e. The van der Waals surface area contributed by atoms with Crippen LogP contribution in [0.1, 0.15) is 33.1 Å². The summed E-state index contributed by atoms with van der Waals surface area (Å²) in [5.41, 5.74) is 3.82. The van der Waals surface area contributed by atoms with Crippen molar-refractivity contribution in [2.24, 2.45) is 22.9 Å². The lowest BCUT2D eigenvalue weighted by Crippen LogP contribution is -2.35. The van der Waals surface area contributed by atoms with Crippen molar-refractivity contribution in [2.75, 3.05) is 0 Å². The van der Waals surface area contributed by atoms with Crippen LogP contribution in [0.5, 0.6) is 0 Å². The Morgan fingerprint density at radius 2 is 2.47 bits per heavy atom. The maximum absolute atomic E-state index is 11.4. The second kappa shape index (κ2) is 4.17. The molecule has 2 rings (SSSR count). The second-order valence-electron chi connectivity index (χ2n) is 4.87. The molecule has 15 heavy (non-hydrogen) atoms. The number of fused-ring (bicyclic) bond motifs is 1. The number of nitrogens with zero attached hydrogens (tertiary/aromatic N) is 1. The molecule has 82 valence electrons. The van der Waals surface area contributed by atoms with E-state index in [9.17, 15) is 4.79 Å². The van der Waals surface area contributed by atoms with Crippen LogP contribution in [0.3, 0.4) is 0 Å². The summed E-state index contributed by atoms with van der Waals surface area (Å²) in [5, 5.41) is 4.20. The van der Waals surface area contributed by atoms with Gasteiger partial charge in [-0.25, -0.2) is 5.43 Å². The van der Waals surface area contributed by atoms with Gasteiger partial charge < -0.3 is 0 Å². The minimum absolute atomic E-state index is 0.0342. The van der Waals surface area contributed by atoms with E-state index in [2.05, 4.69) is 22.7 Å². The molecular weight excluding hydrogens is 188 g/mol. The lowest BCUT2D eigenvalue weighted by atomic mass is 9.74. The fourth-order valence-corrected chi connectivity index (χ4v) is 2.21. The Labute approximate surface area is 90.6 Å². The molecule has 1 fully saturated rings. The standard InChI is InChI=1S/C12H18N2O/c1-8(2)6-12(15)14-13-11-7-9-4-3-5-10(9)11/h3-4,8-10H,5-7H2,1-2H3,(H,14,15)/b13-11+. The third-order valence-electron chi connectivity index (χ3n) is 3.08. The molecule has 0 aromatic heterocycles. The van der Waals surface area contributed by atoms with Crippen LogP contribution in [-0.2, 0) is 4.79 Å². The predicted octanol–water partition coefficient (Wildman–Crippen LogP) is 2.10. The Balaban J connectivity index is 1.78. The molecule has 3 nitrogen and oxygen atoms in total. The summed E-state index contributed by atoms with van der Waals surface area (Å²) in [6.45, 7) is 4.07. The van der Waals surface area contributed by atoms with E-state index >= 15 is 0 Å². The van der Waals surface area contributed by atoms with Gasteiger partial charge in [0.25, 0.3) is 0 Å². The van der Waals surface area contributed by atoms with Crippen LogP contribution in [0.4, 0.5) is 0 Å². The quantitative estimate of drug-likeness (QED) is 0.557. The highest BCUT2D eigenvalue weighted by Crippen LogP contribution is 2.39. The highest BCUT2D eigenvalue weighted by molar-refractivity contribution is 5.94. The second-order valence-corrected chi connectivity index (χ2v) is 4.87. The van der Waals surface area contributed by atoms with Crippen LogP contribution in [0.2, 0.25) is 0 Å². The van der Waals surface area contributed by atoms with E-state index in [4.69, 9.17) is 0 Å². The molecule has 2 aliphatic carbocycles. The topological polar surface area (TPSA) is 41.5 Å². The van der Waals surface area contributed by atoms with Gasteiger partial charge in [-0.3, -0.25) is 4.79 Å². The van der Waals surface area contributed by atoms with Gasteiger partial charge in [0.2, 0.25) is 5.91 Å². The first kappa shape index (κ1) is 10.4. The first-order chi connectivity index (χ1) is 7.16. The summed E-state index contributed by atoms with van der Waals surface area (Å²) in [6, 6.07) is 0. The van der Waals surface area contributed by atoms with Gasteiger partial charge in [-0.15, -0.1) is 0 Å². The average molecular weight is 206 g/mol. The number of hydrogen-bond donors (Lipinski definition) is 1. The Morgan fingerprint density at radius 3 is 3.13 bits per heavy atom. The van der Waals surface area contributed by atoms with E-state index in [1.165, 1.54) is 5.71 Å². The minimum Gasteiger partial charge on any atom is -0.273 e. The average Bonchev–Trinajstić information content (AvgIpc) is 2.46.